The molecule has 0 spiro atoms. The van der Waals surface area contributed by atoms with Crippen molar-refractivity contribution < 1.29 is 19.0 Å². The number of carboxylic acid groups (broad SMARTS) is 1. The fourth-order valence-electron chi connectivity index (χ4n) is 3.19. The Bertz CT molecular complexity index is 487. The first-order valence-electron chi connectivity index (χ1n) is 7.06. The normalized spacial score (nSPS) is 26.2. The zero-order valence-corrected chi connectivity index (χ0v) is 11.9. The summed E-state index contributed by atoms with van der Waals surface area (Å²) in [6.45, 7) is 2.15. The number of ether oxygens (including phenoxy) is 1. The van der Waals surface area contributed by atoms with Crippen LogP contribution in [0, 0.1) is 23.6 Å². The summed E-state index contributed by atoms with van der Waals surface area (Å²) in [6.07, 6.45) is 3.19. The van der Waals surface area contributed by atoms with Gasteiger partial charge in [0, 0.05) is 0 Å². The van der Waals surface area contributed by atoms with Gasteiger partial charge in [-0.15, -0.1) is 0 Å². The largest absolute Gasteiger partial charge is 0.494 e. The van der Waals surface area contributed by atoms with Gasteiger partial charge in [0.25, 0.3) is 0 Å². The number of methoxy groups -OCH3 is 1. The van der Waals surface area contributed by atoms with Gasteiger partial charge in [-0.2, -0.15) is 0 Å². The predicted molar refractivity (Wildman–Crippen MR) is 74.3 cm³/mol. The minimum atomic E-state index is -0.726. The van der Waals surface area contributed by atoms with Crippen LogP contribution in [0.1, 0.15) is 31.7 Å². The van der Waals surface area contributed by atoms with Crippen molar-refractivity contribution in [3.05, 3.63) is 29.6 Å². The number of benzene rings is 1. The zero-order chi connectivity index (χ0) is 14.7. The van der Waals surface area contributed by atoms with Crippen LogP contribution in [0.15, 0.2) is 18.2 Å². The molecule has 1 aliphatic carbocycles. The van der Waals surface area contributed by atoms with Crippen LogP contribution >= 0.6 is 0 Å². The summed E-state index contributed by atoms with van der Waals surface area (Å²) >= 11 is 0. The van der Waals surface area contributed by atoms with Gasteiger partial charge in [-0.25, -0.2) is 4.39 Å². The van der Waals surface area contributed by atoms with Crippen molar-refractivity contribution in [3.63, 3.8) is 0 Å². The molecular formula is C16H21FO3. The molecular weight excluding hydrogens is 259 g/mol. The summed E-state index contributed by atoms with van der Waals surface area (Å²) in [5, 5.41) is 9.32. The number of carbonyl (C=O) groups is 1. The molecule has 0 bridgehead atoms. The third-order valence-corrected chi connectivity index (χ3v) is 4.28. The van der Waals surface area contributed by atoms with Gasteiger partial charge in [0.1, 0.15) is 0 Å². The standard InChI is InChI=1S/C16H21FO3/c1-10-3-5-13(16(18)19)12(7-10)8-11-4-6-15(20-2)14(17)9-11/h4,6,9-10,12-13H,3,5,7-8H2,1-2H3,(H,18,19). The molecule has 3 nitrogen and oxygen atoms in total. The average molecular weight is 280 g/mol. The van der Waals surface area contributed by atoms with Crippen molar-refractivity contribution in [2.45, 2.75) is 32.6 Å². The van der Waals surface area contributed by atoms with Crippen molar-refractivity contribution in [3.8, 4) is 5.75 Å². The number of rotatable bonds is 4. The molecule has 1 aromatic carbocycles. The smallest absolute Gasteiger partial charge is 0.306 e. The minimum absolute atomic E-state index is 0.0871. The third-order valence-electron chi connectivity index (χ3n) is 4.28. The highest BCUT2D eigenvalue weighted by Gasteiger charge is 2.33. The number of carboxylic acids is 1. The van der Waals surface area contributed by atoms with Crippen molar-refractivity contribution in [2.75, 3.05) is 7.11 Å². The average Bonchev–Trinajstić information content (AvgIpc) is 2.38. The van der Waals surface area contributed by atoms with Crippen LogP contribution < -0.4 is 4.74 Å². The van der Waals surface area contributed by atoms with Gasteiger partial charge in [-0.05, 0) is 55.2 Å². The maximum atomic E-state index is 13.7. The Morgan fingerprint density at radius 2 is 2.20 bits per heavy atom. The van der Waals surface area contributed by atoms with E-state index in [0.29, 0.717) is 12.3 Å². The van der Waals surface area contributed by atoms with E-state index in [2.05, 4.69) is 6.92 Å². The van der Waals surface area contributed by atoms with Gasteiger partial charge >= 0.3 is 5.97 Å². The molecule has 0 amide bonds. The Balaban J connectivity index is 2.13. The van der Waals surface area contributed by atoms with E-state index in [1.807, 2.05) is 6.07 Å². The van der Waals surface area contributed by atoms with E-state index in [0.717, 1.165) is 24.8 Å². The molecule has 2 rings (SSSR count). The quantitative estimate of drug-likeness (QED) is 0.918. The molecule has 1 N–H and O–H groups in total. The summed E-state index contributed by atoms with van der Waals surface area (Å²) in [7, 11) is 1.43. The van der Waals surface area contributed by atoms with Crippen LogP contribution in [-0.4, -0.2) is 18.2 Å². The molecule has 3 unspecified atom stereocenters. The molecule has 110 valence electrons. The molecule has 0 aliphatic heterocycles. The topological polar surface area (TPSA) is 46.5 Å². The van der Waals surface area contributed by atoms with Crippen molar-refractivity contribution in [1.82, 2.24) is 0 Å². The minimum Gasteiger partial charge on any atom is -0.494 e. The van der Waals surface area contributed by atoms with Gasteiger partial charge in [0.15, 0.2) is 11.6 Å². The summed E-state index contributed by atoms with van der Waals surface area (Å²) < 4.78 is 18.6. The SMILES string of the molecule is COc1ccc(CC2CC(C)CCC2C(=O)O)cc1F. The Hall–Kier alpha value is -1.58. The van der Waals surface area contributed by atoms with Crippen molar-refractivity contribution in [1.29, 1.82) is 0 Å². The monoisotopic (exact) mass is 280 g/mol. The first-order chi connectivity index (χ1) is 9.51. The molecule has 3 atom stereocenters. The fraction of sp³-hybridized carbons (Fsp3) is 0.562. The van der Waals surface area contributed by atoms with Crippen LogP contribution in [0.4, 0.5) is 4.39 Å². The van der Waals surface area contributed by atoms with E-state index in [1.54, 1.807) is 6.07 Å². The third kappa shape index (κ3) is 3.30. The molecule has 0 heterocycles. The van der Waals surface area contributed by atoms with Gasteiger partial charge in [0.05, 0.1) is 13.0 Å². The van der Waals surface area contributed by atoms with E-state index in [9.17, 15) is 14.3 Å². The first-order valence-corrected chi connectivity index (χ1v) is 7.06. The zero-order valence-electron chi connectivity index (χ0n) is 11.9. The summed E-state index contributed by atoms with van der Waals surface area (Å²) in [4.78, 5) is 11.3. The molecule has 0 aromatic heterocycles. The number of hydrogen-bond acceptors (Lipinski definition) is 2. The van der Waals surface area contributed by atoms with E-state index in [1.165, 1.54) is 13.2 Å². The van der Waals surface area contributed by atoms with Crippen LogP contribution in [0.25, 0.3) is 0 Å². The Morgan fingerprint density at radius 1 is 1.45 bits per heavy atom. The second-order valence-electron chi connectivity index (χ2n) is 5.80. The molecule has 1 saturated carbocycles. The highest BCUT2D eigenvalue weighted by Crippen LogP contribution is 2.36. The lowest BCUT2D eigenvalue weighted by molar-refractivity contribution is -0.145. The highest BCUT2D eigenvalue weighted by molar-refractivity contribution is 5.70. The summed E-state index contributed by atoms with van der Waals surface area (Å²) in [5.74, 6) is -0.573. The summed E-state index contributed by atoms with van der Waals surface area (Å²) in [6, 6.07) is 4.88. The highest BCUT2D eigenvalue weighted by atomic mass is 19.1. The maximum Gasteiger partial charge on any atom is 0.306 e. The molecule has 1 aromatic rings. The van der Waals surface area contributed by atoms with Crippen molar-refractivity contribution in [2.24, 2.45) is 17.8 Å². The second kappa shape index (κ2) is 6.25. The molecule has 20 heavy (non-hydrogen) atoms. The second-order valence-corrected chi connectivity index (χ2v) is 5.80. The molecule has 0 saturated heterocycles. The molecule has 4 heteroatoms. The lowest BCUT2D eigenvalue weighted by atomic mass is 9.72. The predicted octanol–water partition coefficient (Wildman–Crippen LogP) is 3.51. The Kier molecular flexibility index (Phi) is 4.63. The van der Waals surface area contributed by atoms with Crippen LogP contribution in [0.3, 0.4) is 0 Å². The van der Waals surface area contributed by atoms with E-state index >= 15 is 0 Å². The van der Waals surface area contributed by atoms with E-state index in [-0.39, 0.29) is 23.4 Å². The first kappa shape index (κ1) is 14.8. The lowest BCUT2D eigenvalue weighted by Gasteiger charge is -2.32. The number of halogens is 1. The van der Waals surface area contributed by atoms with E-state index in [4.69, 9.17) is 4.74 Å². The van der Waals surface area contributed by atoms with Gasteiger partial charge < -0.3 is 9.84 Å². The van der Waals surface area contributed by atoms with Crippen LogP contribution in [-0.2, 0) is 11.2 Å². The van der Waals surface area contributed by atoms with Gasteiger partial charge in [0.2, 0.25) is 0 Å². The maximum absolute atomic E-state index is 13.7. The molecule has 1 fully saturated rings. The fourth-order valence-corrected chi connectivity index (χ4v) is 3.19. The van der Waals surface area contributed by atoms with Crippen LogP contribution in [0.2, 0.25) is 0 Å². The van der Waals surface area contributed by atoms with Crippen molar-refractivity contribution >= 4 is 5.97 Å². The summed E-state index contributed by atoms with van der Waals surface area (Å²) in [5.41, 5.74) is 0.841. The number of aliphatic carboxylic acids is 1. The van der Waals surface area contributed by atoms with E-state index < -0.39 is 5.97 Å². The lowest BCUT2D eigenvalue weighted by Crippen LogP contribution is -2.31. The Morgan fingerprint density at radius 3 is 2.80 bits per heavy atom. The van der Waals surface area contributed by atoms with Gasteiger partial charge in [-0.3, -0.25) is 4.79 Å². The van der Waals surface area contributed by atoms with Crippen LogP contribution in [0.5, 0.6) is 5.75 Å². The molecule has 1 aliphatic rings. The Labute approximate surface area is 118 Å². The van der Waals surface area contributed by atoms with Gasteiger partial charge in [-0.1, -0.05) is 13.0 Å². The number of hydrogen-bond donors (Lipinski definition) is 1. The molecule has 0 radical (unpaired) electrons.